The maximum Gasteiger partial charge on any atom is 0.216 e. The van der Waals surface area contributed by atoms with E-state index < -0.39 is 10.0 Å². The van der Waals surface area contributed by atoms with Gasteiger partial charge in [-0.05, 0) is 43.9 Å². The number of nitrogens with zero attached hydrogens (tertiary/aromatic N) is 2. The second-order valence-corrected chi connectivity index (χ2v) is 8.49. The van der Waals surface area contributed by atoms with Gasteiger partial charge in [0.15, 0.2) is 0 Å². The molecule has 5 nitrogen and oxygen atoms in total. The molecule has 0 radical (unpaired) electrons. The number of nitriles is 1. The number of hydrogen-bond acceptors (Lipinski definition) is 4. The molecule has 1 aliphatic carbocycles. The monoisotopic (exact) mass is 339 g/mol. The van der Waals surface area contributed by atoms with E-state index in [2.05, 4.69) is 5.32 Å². The van der Waals surface area contributed by atoms with Gasteiger partial charge >= 0.3 is 0 Å². The van der Waals surface area contributed by atoms with E-state index in [1.165, 1.54) is 0 Å². The van der Waals surface area contributed by atoms with Crippen LogP contribution in [0.25, 0.3) is 0 Å². The first kappa shape index (κ1) is 15.6. The number of sulfonamides is 1. The lowest BCUT2D eigenvalue weighted by Gasteiger charge is -2.32. The van der Waals surface area contributed by atoms with Crippen molar-refractivity contribution in [2.45, 2.75) is 37.0 Å². The van der Waals surface area contributed by atoms with Crippen LogP contribution >= 0.6 is 11.6 Å². The summed E-state index contributed by atoms with van der Waals surface area (Å²) in [7, 11) is -3.05. The quantitative estimate of drug-likeness (QED) is 0.915. The van der Waals surface area contributed by atoms with Gasteiger partial charge in [0.25, 0.3) is 0 Å². The summed E-state index contributed by atoms with van der Waals surface area (Å²) in [4.78, 5) is 0. The second-order valence-electron chi connectivity index (χ2n) is 5.87. The van der Waals surface area contributed by atoms with E-state index in [9.17, 15) is 8.42 Å². The molecule has 1 aromatic carbocycles. The maximum atomic E-state index is 12.2. The minimum Gasteiger partial charge on any atom is -0.382 e. The number of piperidine rings is 1. The molecule has 0 aromatic heterocycles. The molecule has 0 atom stereocenters. The maximum absolute atomic E-state index is 12.2. The van der Waals surface area contributed by atoms with Crippen molar-refractivity contribution < 1.29 is 8.42 Å². The summed E-state index contributed by atoms with van der Waals surface area (Å²) < 4.78 is 26.0. The number of halogens is 1. The Kier molecular flexibility index (Phi) is 4.31. The van der Waals surface area contributed by atoms with E-state index in [1.54, 1.807) is 16.4 Å². The molecule has 118 valence electrons. The third-order valence-corrected chi connectivity index (χ3v) is 6.93. The molecule has 0 unspecified atom stereocenters. The molecule has 1 heterocycles. The van der Waals surface area contributed by atoms with Gasteiger partial charge in [0.05, 0.1) is 15.8 Å². The molecule has 1 aromatic rings. The molecule has 0 bridgehead atoms. The molecular formula is C15H18ClN3O2S. The summed E-state index contributed by atoms with van der Waals surface area (Å²) in [5.41, 5.74) is 1.32. The summed E-state index contributed by atoms with van der Waals surface area (Å²) in [5, 5.41) is 12.5. The number of anilines is 1. The van der Waals surface area contributed by atoms with Crippen molar-refractivity contribution in [1.29, 1.82) is 5.26 Å². The molecule has 2 fully saturated rings. The van der Waals surface area contributed by atoms with Crippen LogP contribution in [0.4, 0.5) is 5.69 Å². The predicted molar refractivity (Wildman–Crippen MR) is 86.3 cm³/mol. The van der Waals surface area contributed by atoms with Crippen LogP contribution in [0.1, 0.15) is 31.2 Å². The fourth-order valence-electron chi connectivity index (χ4n) is 2.76. The molecule has 1 saturated heterocycles. The summed E-state index contributed by atoms with van der Waals surface area (Å²) >= 11 is 6.02. The summed E-state index contributed by atoms with van der Waals surface area (Å²) in [6, 6.07) is 7.53. The molecule has 0 spiro atoms. The minimum absolute atomic E-state index is 0.130. The first-order valence-electron chi connectivity index (χ1n) is 7.46. The van der Waals surface area contributed by atoms with Crippen LogP contribution < -0.4 is 5.32 Å². The number of hydrogen-bond donors (Lipinski definition) is 1. The van der Waals surface area contributed by atoms with Crippen molar-refractivity contribution in [2.75, 3.05) is 18.4 Å². The van der Waals surface area contributed by atoms with Gasteiger partial charge in [0.1, 0.15) is 6.07 Å². The van der Waals surface area contributed by atoms with E-state index >= 15 is 0 Å². The van der Waals surface area contributed by atoms with Crippen LogP contribution in [-0.4, -0.2) is 37.1 Å². The van der Waals surface area contributed by atoms with Crippen molar-refractivity contribution in [3.63, 3.8) is 0 Å². The molecule has 22 heavy (non-hydrogen) atoms. The van der Waals surface area contributed by atoms with Crippen molar-refractivity contribution >= 4 is 27.3 Å². The van der Waals surface area contributed by atoms with E-state index in [1.807, 2.05) is 12.1 Å². The summed E-state index contributed by atoms with van der Waals surface area (Å²) in [6.07, 6.45) is 3.18. The Morgan fingerprint density at radius 2 is 1.91 bits per heavy atom. The van der Waals surface area contributed by atoms with E-state index in [0.29, 0.717) is 23.7 Å². The Bertz CT molecular complexity index is 702. The predicted octanol–water partition coefficient (Wildman–Crippen LogP) is 2.58. The average molecular weight is 340 g/mol. The zero-order chi connectivity index (χ0) is 15.7. The van der Waals surface area contributed by atoms with Crippen molar-refractivity contribution in [2.24, 2.45) is 0 Å². The fraction of sp³-hybridized carbons (Fsp3) is 0.533. The lowest BCUT2D eigenvalue weighted by Crippen LogP contribution is -2.43. The van der Waals surface area contributed by atoms with Gasteiger partial charge in [-0.1, -0.05) is 11.6 Å². The summed E-state index contributed by atoms with van der Waals surface area (Å²) in [6.45, 7) is 1.14. The normalized spacial score (nSPS) is 20.5. The standard InChI is InChI=1S/C15H18ClN3O2S/c16-15-9-13(2-1-11(15)10-17)18-12-5-7-19(8-6-12)22(20,21)14-3-4-14/h1-2,9,12,14,18H,3-8H2. The van der Waals surface area contributed by atoms with E-state index in [4.69, 9.17) is 16.9 Å². The van der Waals surface area contributed by atoms with Crippen LogP contribution in [0.15, 0.2) is 18.2 Å². The van der Waals surface area contributed by atoms with E-state index in [0.717, 1.165) is 31.4 Å². The van der Waals surface area contributed by atoms with Gasteiger partial charge in [-0.15, -0.1) is 0 Å². The number of nitrogens with one attached hydrogen (secondary N) is 1. The number of rotatable bonds is 4. The summed E-state index contributed by atoms with van der Waals surface area (Å²) in [5.74, 6) is 0. The molecule has 7 heteroatoms. The van der Waals surface area contributed by atoms with Crippen molar-refractivity contribution in [3.8, 4) is 6.07 Å². The topological polar surface area (TPSA) is 73.2 Å². The highest BCUT2D eigenvalue weighted by atomic mass is 35.5. The zero-order valence-corrected chi connectivity index (χ0v) is 13.7. The molecule has 2 aliphatic rings. The minimum atomic E-state index is -3.05. The zero-order valence-electron chi connectivity index (χ0n) is 12.1. The third-order valence-electron chi connectivity index (χ3n) is 4.22. The van der Waals surface area contributed by atoms with Crippen molar-refractivity contribution in [3.05, 3.63) is 28.8 Å². The lowest BCUT2D eigenvalue weighted by atomic mass is 10.1. The Morgan fingerprint density at radius 1 is 1.23 bits per heavy atom. The Hall–Kier alpha value is -1.29. The Morgan fingerprint density at radius 3 is 2.45 bits per heavy atom. The van der Waals surface area contributed by atoms with Gasteiger partial charge in [-0.2, -0.15) is 5.26 Å². The fourth-order valence-corrected chi connectivity index (χ4v) is 4.86. The molecule has 1 saturated carbocycles. The van der Waals surface area contributed by atoms with Crippen LogP contribution in [-0.2, 0) is 10.0 Å². The van der Waals surface area contributed by atoms with Crippen LogP contribution in [0.2, 0.25) is 5.02 Å². The van der Waals surface area contributed by atoms with Crippen molar-refractivity contribution in [1.82, 2.24) is 4.31 Å². The SMILES string of the molecule is N#Cc1ccc(NC2CCN(S(=O)(=O)C3CC3)CC2)cc1Cl. The molecule has 0 amide bonds. The largest absolute Gasteiger partial charge is 0.382 e. The van der Waals surface area contributed by atoms with Crippen LogP contribution in [0.3, 0.4) is 0 Å². The van der Waals surface area contributed by atoms with E-state index in [-0.39, 0.29) is 11.3 Å². The molecule has 1 N–H and O–H groups in total. The van der Waals surface area contributed by atoms with Gasteiger partial charge < -0.3 is 5.32 Å². The Labute approximate surface area is 135 Å². The number of benzene rings is 1. The molecular weight excluding hydrogens is 322 g/mol. The highest BCUT2D eigenvalue weighted by Crippen LogP contribution is 2.32. The second kappa shape index (κ2) is 6.07. The van der Waals surface area contributed by atoms with Crippen LogP contribution in [0, 0.1) is 11.3 Å². The first-order valence-corrected chi connectivity index (χ1v) is 9.34. The molecule has 3 rings (SSSR count). The first-order chi connectivity index (χ1) is 10.5. The van der Waals surface area contributed by atoms with Crippen LogP contribution in [0.5, 0.6) is 0 Å². The Balaban J connectivity index is 1.58. The smallest absolute Gasteiger partial charge is 0.216 e. The molecule has 1 aliphatic heterocycles. The third kappa shape index (κ3) is 3.22. The van der Waals surface area contributed by atoms with Gasteiger partial charge in [-0.3, -0.25) is 0 Å². The highest BCUT2D eigenvalue weighted by molar-refractivity contribution is 7.90. The van der Waals surface area contributed by atoms with Gasteiger partial charge in [0, 0.05) is 24.8 Å². The van der Waals surface area contributed by atoms with Gasteiger partial charge in [0.2, 0.25) is 10.0 Å². The van der Waals surface area contributed by atoms with Gasteiger partial charge in [-0.25, -0.2) is 12.7 Å². The highest BCUT2D eigenvalue weighted by Gasteiger charge is 2.41. The lowest BCUT2D eigenvalue weighted by molar-refractivity contribution is 0.329. The average Bonchev–Trinajstić information content (AvgIpc) is 3.33.